The minimum atomic E-state index is -0.355. The van der Waals surface area contributed by atoms with E-state index in [0.717, 1.165) is 23.0 Å². The Hall–Kier alpha value is -1.14. The van der Waals surface area contributed by atoms with E-state index in [9.17, 15) is 10.1 Å². The molecule has 1 aliphatic carbocycles. The molecule has 1 aromatic rings. The molecule has 0 heterocycles. The molecule has 0 aromatic heterocycles. The molecule has 0 atom stereocenters. The average molecular weight is 315 g/mol. The van der Waals surface area contributed by atoms with Crippen LogP contribution in [0.1, 0.15) is 18.4 Å². The van der Waals surface area contributed by atoms with Gasteiger partial charge < -0.3 is 10.1 Å². The summed E-state index contributed by atoms with van der Waals surface area (Å²) in [5.74, 6) is 0. The lowest BCUT2D eigenvalue weighted by molar-refractivity contribution is -0.385. The fraction of sp³-hybridized carbons (Fsp3) is 0.500. The van der Waals surface area contributed by atoms with Crippen molar-refractivity contribution in [1.82, 2.24) is 0 Å². The van der Waals surface area contributed by atoms with E-state index in [1.54, 1.807) is 26.2 Å². The number of rotatable bonds is 4. The van der Waals surface area contributed by atoms with Crippen LogP contribution in [0.4, 0.5) is 11.4 Å². The van der Waals surface area contributed by atoms with Gasteiger partial charge in [-0.05, 0) is 41.8 Å². The van der Waals surface area contributed by atoms with E-state index < -0.39 is 0 Å². The molecular formula is C12H15BrN2O3. The van der Waals surface area contributed by atoms with Crippen molar-refractivity contribution in [3.63, 3.8) is 0 Å². The van der Waals surface area contributed by atoms with Gasteiger partial charge in [-0.1, -0.05) is 0 Å². The highest BCUT2D eigenvalue weighted by atomic mass is 79.9. The van der Waals surface area contributed by atoms with E-state index in [1.807, 2.05) is 0 Å². The van der Waals surface area contributed by atoms with Crippen LogP contribution in [0.3, 0.4) is 0 Å². The summed E-state index contributed by atoms with van der Waals surface area (Å²) in [6, 6.07) is 3.68. The number of hydrogen-bond donors (Lipinski definition) is 1. The zero-order valence-corrected chi connectivity index (χ0v) is 11.9. The summed E-state index contributed by atoms with van der Waals surface area (Å²) in [6.07, 6.45) is 2.18. The number of anilines is 1. The molecule has 0 spiro atoms. The third kappa shape index (κ3) is 2.64. The fourth-order valence-electron chi connectivity index (χ4n) is 2.06. The van der Waals surface area contributed by atoms with Crippen molar-refractivity contribution in [2.24, 2.45) is 0 Å². The monoisotopic (exact) mass is 314 g/mol. The van der Waals surface area contributed by atoms with Crippen LogP contribution in [0.15, 0.2) is 16.6 Å². The molecule has 0 unspecified atom stereocenters. The van der Waals surface area contributed by atoms with Crippen molar-refractivity contribution in [3.8, 4) is 0 Å². The van der Waals surface area contributed by atoms with Crippen molar-refractivity contribution >= 4 is 27.3 Å². The van der Waals surface area contributed by atoms with E-state index in [1.165, 1.54) is 0 Å². The second-order valence-corrected chi connectivity index (χ2v) is 5.40. The number of hydrogen-bond acceptors (Lipinski definition) is 4. The second kappa shape index (κ2) is 5.24. The molecule has 2 rings (SSSR count). The largest absolute Gasteiger partial charge is 0.381 e. The predicted molar refractivity (Wildman–Crippen MR) is 73.0 cm³/mol. The van der Waals surface area contributed by atoms with E-state index in [4.69, 9.17) is 4.74 Å². The van der Waals surface area contributed by atoms with Gasteiger partial charge in [0.15, 0.2) is 0 Å². The van der Waals surface area contributed by atoms with Crippen LogP contribution in [-0.4, -0.2) is 24.2 Å². The summed E-state index contributed by atoms with van der Waals surface area (Å²) in [7, 11) is 1.70. The van der Waals surface area contributed by atoms with Gasteiger partial charge in [0, 0.05) is 29.3 Å². The molecule has 1 aromatic carbocycles. The Bertz CT molecular complexity index is 473. The number of nitrogens with zero attached hydrogens (tertiary/aromatic N) is 1. The topological polar surface area (TPSA) is 64.4 Å². The minimum absolute atomic E-state index is 0.142. The molecule has 0 amide bonds. The van der Waals surface area contributed by atoms with Crippen molar-refractivity contribution in [2.45, 2.75) is 31.9 Å². The van der Waals surface area contributed by atoms with Crippen LogP contribution >= 0.6 is 15.9 Å². The average Bonchev–Trinajstić information content (AvgIpc) is 2.24. The van der Waals surface area contributed by atoms with Gasteiger partial charge in [-0.15, -0.1) is 0 Å². The van der Waals surface area contributed by atoms with Gasteiger partial charge >= 0.3 is 0 Å². The maximum Gasteiger partial charge on any atom is 0.274 e. The Morgan fingerprint density at radius 3 is 2.72 bits per heavy atom. The van der Waals surface area contributed by atoms with Crippen LogP contribution in [0, 0.1) is 17.0 Å². The molecule has 1 fully saturated rings. The SMILES string of the molecule is COC1CC(Nc2cc([N+](=O)[O-])c(C)cc2Br)C1. The number of nitro benzene ring substituents is 1. The first-order valence-corrected chi connectivity index (χ1v) is 6.54. The number of aryl methyl sites for hydroxylation is 1. The molecule has 98 valence electrons. The van der Waals surface area contributed by atoms with Crippen LogP contribution in [0.25, 0.3) is 0 Å². The van der Waals surface area contributed by atoms with Crippen LogP contribution in [-0.2, 0) is 4.74 Å². The summed E-state index contributed by atoms with van der Waals surface area (Å²) in [5, 5.41) is 14.2. The molecule has 1 N–H and O–H groups in total. The summed E-state index contributed by atoms with van der Waals surface area (Å²) in [4.78, 5) is 10.5. The summed E-state index contributed by atoms with van der Waals surface area (Å²) < 4.78 is 6.06. The standard InChI is InChI=1S/C12H15BrN2O3/c1-7-3-10(13)11(6-12(7)15(16)17)14-8-4-9(5-8)18-2/h3,6,8-9,14H,4-5H2,1-2H3. The summed E-state index contributed by atoms with van der Waals surface area (Å²) in [5.41, 5.74) is 1.57. The molecule has 6 heteroatoms. The quantitative estimate of drug-likeness (QED) is 0.684. The molecule has 18 heavy (non-hydrogen) atoms. The maximum absolute atomic E-state index is 10.9. The highest BCUT2D eigenvalue weighted by Gasteiger charge is 2.29. The molecule has 1 aliphatic rings. The van der Waals surface area contributed by atoms with E-state index in [-0.39, 0.29) is 10.6 Å². The Labute approximate surface area is 114 Å². The van der Waals surface area contributed by atoms with Crippen LogP contribution < -0.4 is 5.32 Å². The number of benzene rings is 1. The Balaban J connectivity index is 2.13. The lowest BCUT2D eigenvalue weighted by atomic mass is 9.89. The number of nitro groups is 1. The van der Waals surface area contributed by atoms with Crippen LogP contribution in [0.2, 0.25) is 0 Å². The molecule has 5 nitrogen and oxygen atoms in total. The van der Waals surface area contributed by atoms with Gasteiger partial charge in [0.05, 0.1) is 16.7 Å². The Morgan fingerprint density at radius 2 is 2.17 bits per heavy atom. The lowest BCUT2D eigenvalue weighted by Crippen LogP contribution is -2.40. The molecule has 0 bridgehead atoms. The third-order valence-electron chi connectivity index (χ3n) is 3.27. The molecule has 0 radical (unpaired) electrons. The minimum Gasteiger partial charge on any atom is -0.381 e. The molecular weight excluding hydrogens is 300 g/mol. The summed E-state index contributed by atoms with van der Waals surface area (Å²) in [6.45, 7) is 1.73. The van der Waals surface area contributed by atoms with E-state index in [0.29, 0.717) is 17.7 Å². The first-order chi connectivity index (χ1) is 8.51. The molecule has 0 saturated heterocycles. The molecule has 1 saturated carbocycles. The number of halogens is 1. The zero-order chi connectivity index (χ0) is 13.3. The van der Waals surface area contributed by atoms with Gasteiger partial charge in [-0.25, -0.2) is 0 Å². The predicted octanol–water partition coefficient (Wildman–Crippen LogP) is 3.26. The molecule has 0 aliphatic heterocycles. The third-order valence-corrected chi connectivity index (χ3v) is 3.93. The number of methoxy groups -OCH3 is 1. The fourth-order valence-corrected chi connectivity index (χ4v) is 2.64. The normalized spacial score (nSPS) is 22.4. The first-order valence-electron chi connectivity index (χ1n) is 5.75. The highest BCUT2D eigenvalue weighted by molar-refractivity contribution is 9.10. The smallest absolute Gasteiger partial charge is 0.274 e. The number of nitrogens with one attached hydrogen (secondary N) is 1. The van der Waals surface area contributed by atoms with Crippen molar-refractivity contribution in [1.29, 1.82) is 0 Å². The first kappa shape index (κ1) is 13.3. The van der Waals surface area contributed by atoms with E-state index in [2.05, 4.69) is 21.2 Å². The lowest BCUT2D eigenvalue weighted by Gasteiger charge is -2.35. The van der Waals surface area contributed by atoms with Gasteiger partial charge in [0.25, 0.3) is 5.69 Å². The number of ether oxygens (including phenoxy) is 1. The van der Waals surface area contributed by atoms with Gasteiger partial charge in [0.2, 0.25) is 0 Å². The summed E-state index contributed by atoms with van der Waals surface area (Å²) >= 11 is 3.43. The zero-order valence-electron chi connectivity index (χ0n) is 10.3. The van der Waals surface area contributed by atoms with E-state index >= 15 is 0 Å². The van der Waals surface area contributed by atoms with Crippen LogP contribution in [0.5, 0.6) is 0 Å². The van der Waals surface area contributed by atoms with Gasteiger partial charge in [-0.2, -0.15) is 0 Å². The van der Waals surface area contributed by atoms with Gasteiger partial charge in [0.1, 0.15) is 0 Å². The highest BCUT2D eigenvalue weighted by Crippen LogP contribution is 2.34. The Morgan fingerprint density at radius 1 is 1.50 bits per heavy atom. The Kier molecular flexibility index (Phi) is 3.87. The van der Waals surface area contributed by atoms with Crippen molar-refractivity contribution in [3.05, 3.63) is 32.3 Å². The second-order valence-electron chi connectivity index (χ2n) is 4.55. The van der Waals surface area contributed by atoms with Crippen molar-refractivity contribution in [2.75, 3.05) is 12.4 Å². The van der Waals surface area contributed by atoms with Crippen molar-refractivity contribution < 1.29 is 9.66 Å². The maximum atomic E-state index is 10.9. The van der Waals surface area contributed by atoms with Gasteiger partial charge in [-0.3, -0.25) is 10.1 Å².